The molecule has 0 spiro atoms. The van der Waals surface area contributed by atoms with Crippen LogP contribution in [0.2, 0.25) is 0 Å². The van der Waals surface area contributed by atoms with E-state index in [0.29, 0.717) is 28.3 Å². The standard InChI is InChI=1S/C19H21N3O6/c1-12-16(5-4-6-17(12)22(25)26)21-18(23)7-8-20-19(24)13-9-14(27-2)11-15(10-13)28-3/h4-6,9-11H,7-8H2,1-3H3,(H,20,24)(H,21,23). The van der Waals surface area contributed by atoms with Crippen LogP contribution in [0.1, 0.15) is 22.3 Å². The molecular weight excluding hydrogens is 366 g/mol. The number of carbonyl (C=O) groups is 2. The van der Waals surface area contributed by atoms with Gasteiger partial charge in [-0.1, -0.05) is 6.07 Å². The number of nitrogens with one attached hydrogen (secondary N) is 2. The lowest BCUT2D eigenvalue weighted by atomic mass is 10.1. The molecule has 0 bridgehead atoms. The zero-order valence-electron chi connectivity index (χ0n) is 15.8. The Kier molecular flexibility index (Phi) is 6.91. The predicted octanol–water partition coefficient (Wildman–Crippen LogP) is 2.68. The van der Waals surface area contributed by atoms with Gasteiger partial charge in [0.2, 0.25) is 5.91 Å². The van der Waals surface area contributed by atoms with Gasteiger partial charge in [-0.15, -0.1) is 0 Å². The van der Waals surface area contributed by atoms with Crippen LogP contribution in [0.25, 0.3) is 0 Å². The number of benzene rings is 2. The van der Waals surface area contributed by atoms with Crippen LogP contribution in [0, 0.1) is 17.0 Å². The number of hydrogen-bond donors (Lipinski definition) is 2. The number of carbonyl (C=O) groups excluding carboxylic acids is 2. The van der Waals surface area contributed by atoms with E-state index in [9.17, 15) is 19.7 Å². The average molecular weight is 387 g/mol. The molecule has 2 rings (SSSR count). The lowest BCUT2D eigenvalue weighted by molar-refractivity contribution is -0.385. The quantitative estimate of drug-likeness (QED) is 0.531. The minimum Gasteiger partial charge on any atom is -0.497 e. The van der Waals surface area contributed by atoms with E-state index in [1.54, 1.807) is 31.2 Å². The number of methoxy groups -OCH3 is 2. The Bertz CT molecular complexity index is 875. The van der Waals surface area contributed by atoms with Crippen LogP contribution in [0.5, 0.6) is 11.5 Å². The minimum absolute atomic E-state index is 0.00890. The highest BCUT2D eigenvalue weighted by molar-refractivity contribution is 5.96. The number of nitrogens with zero attached hydrogens (tertiary/aromatic N) is 1. The number of hydrogen-bond acceptors (Lipinski definition) is 6. The van der Waals surface area contributed by atoms with E-state index in [2.05, 4.69) is 10.6 Å². The van der Waals surface area contributed by atoms with Gasteiger partial charge in [0.15, 0.2) is 0 Å². The molecule has 2 amide bonds. The summed E-state index contributed by atoms with van der Waals surface area (Å²) in [4.78, 5) is 34.8. The largest absolute Gasteiger partial charge is 0.497 e. The molecule has 0 fully saturated rings. The summed E-state index contributed by atoms with van der Waals surface area (Å²) in [7, 11) is 2.97. The highest BCUT2D eigenvalue weighted by Crippen LogP contribution is 2.25. The summed E-state index contributed by atoms with van der Waals surface area (Å²) >= 11 is 0. The SMILES string of the molecule is COc1cc(OC)cc(C(=O)NCCC(=O)Nc2cccc([N+](=O)[O-])c2C)c1. The molecule has 9 heteroatoms. The van der Waals surface area contributed by atoms with Crippen molar-refractivity contribution >= 4 is 23.2 Å². The summed E-state index contributed by atoms with van der Waals surface area (Å²) in [5, 5.41) is 16.2. The normalized spacial score (nSPS) is 10.1. The Hall–Kier alpha value is -3.62. The van der Waals surface area contributed by atoms with Crippen LogP contribution >= 0.6 is 0 Å². The van der Waals surface area contributed by atoms with Crippen LogP contribution in [0.4, 0.5) is 11.4 Å². The maximum atomic E-state index is 12.3. The molecule has 0 aliphatic rings. The molecule has 0 saturated heterocycles. The Morgan fingerprint density at radius 1 is 1.11 bits per heavy atom. The second-order valence-electron chi connectivity index (χ2n) is 5.86. The summed E-state index contributed by atoms with van der Waals surface area (Å²) in [6.07, 6.45) is 0.00890. The maximum absolute atomic E-state index is 12.3. The third-order valence-electron chi connectivity index (χ3n) is 4.03. The van der Waals surface area contributed by atoms with Crippen molar-refractivity contribution in [2.75, 3.05) is 26.1 Å². The van der Waals surface area contributed by atoms with E-state index in [1.807, 2.05) is 0 Å². The van der Waals surface area contributed by atoms with Crippen molar-refractivity contribution in [1.82, 2.24) is 5.32 Å². The molecule has 0 aromatic heterocycles. The maximum Gasteiger partial charge on any atom is 0.274 e. The highest BCUT2D eigenvalue weighted by Gasteiger charge is 2.15. The average Bonchev–Trinajstić information content (AvgIpc) is 2.68. The van der Waals surface area contributed by atoms with Gasteiger partial charge in [-0.05, 0) is 25.1 Å². The van der Waals surface area contributed by atoms with Crippen LogP contribution in [-0.4, -0.2) is 37.5 Å². The minimum atomic E-state index is -0.506. The third kappa shape index (κ3) is 5.19. The molecule has 9 nitrogen and oxygen atoms in total. The molecule has 0 radical (unpaired) electrons. The Balaban J connectivity index is 1.93. The zero-order chi connectivity index (χ0) is 20.7. The van der Waals surface area contributed by atoms with Gasteiger partial charge in [0.25, 0.3) is 11.6 Å². The number of ether oxygens (including phenoxy) is 2. The van der Waals surface area contributed by atoms with Crippen LogP contribution < -0.4 is 20.1 Å². The van der Waals surface area contributed by atoms with Crippen molar-refractivity contribution in [2.45, 2.75) is 13.3 Å². The lowest BCUT2D eigenvalue weighted by Crippen LogP contribution is -2.27. The fourth-order valence-electron chi connectivity index (χ4n) is 2.50. The number of rotatable bonds is 8. The summed E-state index contributed by atoms with van der Waals surface area (Å²) in [5.41, 5.74) is 1.00. The van der Waals surface area contributed by atoms with Crippen molar-refractivity contribution in [3.05, 3.63) is 57.6 Å². The van der Waals surface area contributed by atoms with Gasteiger partial charge in [-0.2, -0.15) is 0 Å². The van der Waals surface area contributed by atoms with Crippen LogP contribution in [0.3, 0.4) is 0 Å². The Labute approximate surface area is 161 Å². The van der Waals surface area contributed by atoms with Gasteiger partial charge in [0.1, 0.15) is 11.5 Å². The summed E-state index contributed by atoms with van der Waals surface area (Å²) < 4.78 is 10.2. The second kappa shape index (κ2) is 9.36. The van der Waals surface area contributed by atoms with Crippen molar-refractivity contribution in [3.63, 3.8) is 0 Å². The van der Waals surface area contributed by atoms with Gasteiger partial charge < -0.3 is 20.1 Å². The monoisotopic (exact) mass is 387 g/mol. The van der Waals surface area contributed by atoms with Gasteiger partial charge >= 0.3 is 0 Å². The summed E-state index contributed by atoms with van der Waals surface area (Å²) in [5.74, 6) is 0.204. The first kappa shape index (κ1) is 20.7. The predicted molar refractivity (Wildman–Crippen MR) is 103 cm³/mol. The van der Waals surface area contributed by atoms with Gasteiger partial charge in [-0.3, -0.25) is 19.7 Å². The molecule has 2 aromatic rings. The zero-order valence-corrected chi connectivity index (χ0v) is 15.8. The molecule has 0 heterocycles. The number of nitro groups is 1. The first-order chi connectivity index (χ1) is 13.3. The summed E-state index contributed by atoms with van der Waals surface area (Å²) in [6, 6.07) is 9.22. The smallest absolute Gasteiger partial charge is 0.274 e. The Morgan fingerprint density at radius 2 is 1.75 bits per heavy atom. The number of amides is 2. The van der Waals surface area contributed by atoms with Crippen molar-refractivity contribution in [1.29, 1.82) is 0 Å². The molecule has 0 aliphatic carbocycles. The van der Waals surface area contributed by atoms with E-state index in [4.69, 9.17) is 9.47 Å². The van der Waals surface area contributed by atoms with Crippen LogP contribution in [0.15, 0.2) is 36.4 Å². The van der Waals surface area contributed by atoms with E-state index in [-0.39, 0.29) is 30.5 Å². The second-order valence-corrected chi connectivity index (χ2v) is 5.86. The van der Waals surface area contributed by atoms with Crippen molar-refractivity contribution in [3.8, 4) is 11.5 Å². The molecule has 28 heavy (non-hydrogen) atoms. The fraction of sp³-hybridized carbons (Fsp3) is 0.263. The lowest BCUT2D eigenvalue weighted by Gasteiger charge is -2.10. The molecule has 0 saturated carbocycles. The van der Waals surface area contributed by atoms with E-state index < -0.39 is 4.92 Å². The van der Waals surface area contributed by atoms with Gasteiger partial charge in [0.05, 0.1) is 30.4 Å². The Morgan fingerprint density at radius 3 is 2.32 bits per heavy atom. The number of anilines is 1. The van der Waals surface area contributed by atoms with Gasteiger partial charge in [-0.25, -0.2) is 0 Å². The van der Waals surface area contributed by atoms with E-state index in [0.717, 1.165) is 0 Å². The van der Waals surface area contributed by atoms with Crippen molar-refractivity contribution < 1.29 is 24.0 Å². The fourth-order valence-corrected chi connectivity index (χ4v) is 2.50. The van der Waals surface area contributed by atoms with E-state index >= 15 is 0 Å². The molecule has 0 unspecified atom stereocenters. The topological polar surface area (TPSA) is 120 Å². The highest BCUT2D eigenvalue weighted by atomic mass is 16.6. The third-order valence-corrected chi connectivity index (χ3v) is 4.03. The first-order valence-electron chi connectivity index (χ1n) is 8.40. The molecular formula is C19H21N3O6. The van der Waals surface area contributed by atoms with E-state index in [1.165, 1.54) is 26.4 Å². The molecule has 2 aromatic carbocycles. The van der Waals surface area contributed by atoms with Crippen molar-refractivity contribution in [2.24, 2.45) is 0 Å². The molecule has 2 N–H and O–H groups in total. The molecule has 0 aliphatic heterocycles. The molecule has 148 valence electrons. The number of nitro benzene ring substituents is 1. The van der Waals surface area contributed by atoms with Gasteiger partial charge in [0, 0.05) is 30.7 Å². The first-order valence-corrected chi connectivity index (χ1v) is 8.40. The summed E-state index contributed by atoms with van der Waals surface area (Å²) in [6.45, 7) is 1.66. The van der Waals surface area contributed by atoms with Crippen LogP contribution in [-0.2, 0) is 4.79 Å². The molecule has 0 atom stereocenters.